The van der Waals surface area contributed by atoms with Gasteiger partial charge in [-0.15, -0.1) is 0 Å². The van der Waals surface area contributed by atoms with Crippen molar-refractivity contribution in [3.8, 4) is 0 Å². The number of ether oxygens (including phenoxy) is 1. The van der Waals surface area contributed by atoms with Crippen LogP contribution in [0.15, 0.2) is 34.2 Å². The molecule has 1 heterocycles. The van der Waals surface area contributed by atoms with Crippen LogP contribution in [0.3, 0.4) is 0 Å². The van der Waals surface area contributed by atoms with Crippen molar-refractivity contribution in [1.29, 1.82) is 0 Å². The molecule has 0 saturated carbocycles. The van der Waals surface area contributed by atoms with Crippen LogP contribution in [0.4, 0.5) is 5.69 Å². The van der Waals surface area contributed by atoms with Crippen LogP contribution in [-0.4, -0.2) is 34.7 Å². The number of amides is 1. The number of carbonyl (C=O) groups is 2. The number of nitrogens with one attached hydrogen (secondary N) is 2. The first kappa shape index (κ1) is 18.7. The molecule has 132 valence electrons. The first-order valence-corrected chi connectivity index (χ1v) is 8.53. The second kappa shape index (κ2) is 8.48. The van der Waals surface area contributed by atoms with Gasteiger partial charge in [0.15, 0.2) is 5.16 Å². The van der Waals surface area contributed by atoms with Crippen molar-refractivity contribution >= 4 is 29.3 Å². The van der Waals surface area contributed by atoms with Gasteiger partial charge in [-0.25, -0.2) is 4.98 Å². The summed E-state index contributed by atoms with van der Waals surface area (Å²) in [6, 6.07) is 6.99. The van der Waals surface area contributed by atoms with Crippen LogP contribution in [0.5, 0.6) is 0 Å². The third-order valence-electron chi connectivity index (χ3n) is 3.32. The third-order valence-corrected chi connectivity index (χ3v) is 4.20. The fraction of sp³-hybridized carbons (Fsp3) is 0.294. The van der Waals surface area contributed by atoms with Crippen molar-refractivity contribution in [3.05, 3.63) is 51.4 Å². The highest BCUT2D eigenvalue weighted by Crippen LogP contribution is 2.17. The fourth-order valence-electron chi connectivity index (χ4n) is 2.14. The number of aryl methyl sites for hydroxylation is 2. The molecule has 1 aromatic heterocycles. The number of anilines is 1. The summed E-state index contributed by atoms with van der Waals surface area (Å²) in [5.41, 5.74) is 2.76. The van der Waals surface area contributed by atoms with Crippen LogP contribution in [-0.2, 0) is 20.7 Å². The summed E-state index contributed by atoms with van der Waals surface area (Å²) in [5.74, 6) is -0.614. The normalized spacial score (nSPS) is 10.4. The molecule has 0 atom stereocenters. The van der Waals surface area contributed by atoms with E-state index in [-0.39, 0.29) is 28.8 Å². The molecule has 25 heavy (non-hydrogen) atoms. The number of aromatic amines is 1. The van der Waals surface area contributed by atoms with E-state index < -0.39 is 5.97 Å². The molecule has 0 saturated heterocycles. The van der Waals surface area contributed by atoms with E-state index in [1.807, 2.05) is 32.0 Å². The van der Waals surface area contributed by atoms with E-state index >= 15 is 0 Å². The van der Waals surface area contributed by atoms with Gasteiger partial charge in [-0.05, 0) is 25.5 Å². The SMILES string of the molecule is COC(=O)Cc1cc(=O)[nH]c(SCC(=O)Nc2ccc(C)cc2C)n1. The molecule has 2 aromatic rings. The molecule has 0 radical (unpaired) electrons. The Bertz CT molecular complexity index is 848. The van der Waals surface area contributed by atoms with E-state index in [4.69, 9.17) is 0 Å². The standard InChI is InChI=1S/C17H19N3O4S/c1-10-4-5-13(11(2)6-10)19-15(22)9-25-17-18-12(7-14(21)20-17)8-16(23)24-3/h4-7H,8-9H2,1-3H3,(H,19,22)(H,18,20,21). The lowest BCUT2D eigenvalue weighted by Gasteiger charge is -2.09. The van der Waals surface area contributed by atoms with Crippen molar-refractivity contribution in [2.24, 2.45) is 0 Å². The Morgan fingerprint density at radius 3 is 2.72 bits per heavy atom. The quantitative estimate of drug-likeness (QED) is 0.462. The van der Waals surface area contributed by atoms with E-state index in [9.17, 15) is 14.4 Å². The van der Waals surface area contributed by atoms with Crippen molar-refractivity contribution in [1.82, 2.24) is 9.97 Å². The van der Waals surface area contributed by atoms with E-state index in [1.54, 1.807) is 0 Å². The summed E-state index contributed by atoms with van der Waals surface area (Å²) in [4.78, 5) is 41.7. The molecular weight excluding hydrogens is 342 g/mol. The Kier molecular flexibility index (Phi) is 6.35. The highest BCUT2D eigenvalue weighted by molar-refractivity contribution is 7.99. The second-order valence-corrected chi connectivity index (χ2v) is 6.41. The van der Waals surface area contributed by atoms with E-state index in [2.05, 4.69) is 20.0 Å². The number of nitrogens with zero attached hydrogens (tertiary/aromatic N) is 1. The lowest BCUT2D eigenvalue weighted by Crippen LogP contribution is -2.17. The first-order chi connectivity index (χ1) is 11.9. The molecule has 0 aliphatic rings. The minimum atomic E-state index is -0.485. The maximum atomic E-state index is 12.1. The number of benzene rings is 1. The molecule has 0 spiro atoms. The van der Waals surface area contributed by atoms with Crippen LogP contribution in [0.2, 0.25) is 0 Å². The summed E-state index contributed by atoms with van der Waals surface area (Å²) in [7, 11) is 1.27. The topological polar surface area (TPSA) is 101 Å². The minimum absolute atomic E-state index is 0.0813. The number of esters is 1. The lowest BCUT2D eigenvalue weighted by molar-refractivity contribution is -0.139. The summed E-state index contributed by atoms with van der Waals surface area (Å²) < 4.78 is 4.56. The maximum Gasteiger partial charge on any atom is 0.311 e. The molecule has 1 aromatic carbocycles. The van der Waals surface area contributed by atoms with Gasteiger partial charge in [-0.1, -0.05) is 29.5 Å². The molecule has 1 amide bonds. The van der Waals surface area contributed by atoms with Gasteiger partial charge in [-0.2, -0.15) is 0 Å². The zero-order chi connectivity index (χ0) is 18.4. The number of carbonyl (C=O) groups excluding carboxylic acids is 2. The predicted molar refractivity (Wildman–Crippen MR) is 95.8 cm³/mol. The van der Waals surface area contributed by atoms with Gasteiger partial charge in [0, 0.05) is 11.8 Å². The lowest BCUT2D eigenvalue weighted by atomic mass is 10.1. The Hall–Kier alpha value is -2.61. The van der Waals surface area contributed by atoms with Gasteiger partial charge >= 0.3 is 5.97 Å². The number of methoxy groups -OCH3 is 1. The van der Waals surface area contributed by atoms with Gasteiger partial charge < -0.3 is 15.0 Å². The van der Waals surface area contributed by atoms with Crippen LogP contribution >= 0.6 is 11.8 Å². The minimum Gasteiger partial charge on any atom is -0.469 e. The molecular formula is C17H19N3O4S. The van der Waals surface area contributed by atoms with Gasteiger partial charge in [0.1, 0.15) is 0 Å². The third kappa shape index (κ3) is 5.75. The van der Waals surface area contributed by atoms with Crippen molar-refractivity contribution in [2.75, 3.05) is 18.2 Å². The Labute approximate surface area is 149 Å². The van der Waals surface area contributed by atoms with Gasteiger partial charge in [0.25, 0.3) is 5.56 Å². The second-order valence-electron chi connectivity index (χ2n) is 5.45. The number of aromatic nitrogens is 2. The monoisotopic (exact) mass is 361 g/mol. The number of hydrogen-bond donors (Lipinski definition) is 2. The van der Waals surface area contributed by atoms with Crippen molar-refractivity contribution < 1.29 is 14.3 Å². The van der Waals surface area contributed by atoms with Crippen molar-refractivity contribution in [2.45, 2.75) is 25.4 Å². The Balaban J connectivity index is 1.99. The predicted octanol–water partition coefficient (Wildman–Crippen LogP) is 1.83. The van der Waals surface area contributed by atoms with E-state index in [0.717, 1.165) is 28.6 Å². The van der Waals surface area contributed by atoms with Gasteiger partial charge in [0.05, 0.1) is 25.0 Å². The van der Waals surface area contributed by atoms with Crippen LogP contribution in [0.25, 0.3) is 0 Å². The Morgan fingerprint density at radius 1 is 1.28 bits per heavy atom. The molecule has 2 rings (SSSR count). The molecule has 0 aliphatic carbocycles. The molecule has 7 nitrogen and oxygen atoms in total. The van der Waals surface area contributed by atoms with Crippen LogP contribution < -0.4 is 10.9 Å². The molecule has 0 unspecified atom stereocenters. The largest absolute Gasteiger partial charge is 0.469 e. The highest BCUT2D eigenvalue weighted by atomic mass is 32.2. The zero-order valence-corrected chi connectivity index (χ0v) is 15.0. The number of rotatable bonds is 6. The first-order valence-electron chi connectivity index (χ1n) is 7.54. The van der Waals surface area contributed by atoms with Crippen LogP contribution in [0, 0.1) is 13.8 Å². The van der Waals surface area contributed by atoms with Gasteiger partial charge in [-0.3, -0.25) is 14.4 Å². The number of hydrogen-bond acceptors (Lipinski definition) is 6. The highest BCUT2D eigenvalue weighted by Gasteiger charge is 2.10. The summed E-state index contributed by atoms with van der Waals surface area (Å²) in [5, 5.41) is 3.10. The Morgan fingerprint density at radius 2 is 2.04 bits per heavy atom. The molecule has 0 bridgehead atoms. The van der Waals surface area contributed by atoms with E-state index in [0.29, 0.717) is 5.69 Å². The zero-order valence-electron chi connectivity index (χ0n) is 14.2. The number of H-pyrrole nitrogens is 1. The molecule has 0 aliphatic heterocycles. The molecule has 8 heteroatoms. The van der Waals surface area contributed by atoms with E-state index in [1.165, 1.54) is 13.2 Å². The van der Waals surface area contributed by atoms with Crippen molar-refractivity contribution in [3.63, 3.8) is 0 Å². The fourth-order valence-corrected chi connectivity index (χ4v) is 2.83. The average Bonchev–Trinajstić information content (AvgIpc) is 2.55. The molecule has 2 N–H and O–H groups in total. The number of thioether (sulfide) groups is 1. The van der Waals surface area contributed by atoms with Gasteiger partial charge in [0.2, 0.25) is 5.91 Å². The summed E-state index contributed by atoms with van der Waals surface area (Å²) in [6.07, 6.45) is -0.0945. The summed E-state index contributed by atoms with van der Waals surface area (Å²) in [6.45, 7) is 3.91. The van der Waals surface area contributed by atoms with Crippen LogP contribution in [0.1, 0.15) is 16.8 Å². The summed E-state index contributed by atoms with van der Waals surface area (Å²) >= 11 is 1.09. The maximum absolute atomic E-state index is 12.1. The average molecular weight is 361 g/mol. The molecule has 0 fully saturated rings. The smallest absolute Gasteiger partial charge is 0.311 e.